The molecule has 1 rings (SSSR count). The van der Waals surface area contributed by atoms with Gasteiger partial charge in [-0.3, -0.25) is 4.55 Å². The van der Waals surface area contributed by atoms with E-state index in [0.29, 0.717) is 12.2 Å². The van der Waals surface area contributed by atoms with Gasteiger partial charge in [0.25, 0.3) is 10.1 Å². The van der Waals surface area contributed by atoms with Crippen LogP contribution < -0.4 is 0 Å². The van der Waals surface area contributed by atoms with Crippen molar-refractivity contribution in [2.24, 2.45) is 7.05 Å². The average Bonchev–Trinajstić information content (AvgIpc) is 2.35. The fourth-order valence-corrected chi connectivity index (χ4v) is 2.13. The van der Waals surface area contributed by atoms with Crippen molar-refractivity contribution >= 4 is 27.1 Å². The second kappa shape index (κ2) is 4.90. The SMILES string of the molecule is Br.CCC(c1nccn1C)S(=O)(=O)O. The van der Waals surface area contributed by atoms with E-state index in [0.717, 1.165) is 0 Å². The first-order valence-electron chi connectivity index (χ1n) is 3.90. The third-order valence-corrected chi connectivity index (χ3v) is 3.14. The first kappa shape index (κ1) is 13.6. The van der Waals surface area contributed by atoms with E-state index >= 15 is 0 Å². The number of hydrogen-bond donors (Lipinski definition) is 1. The third-order valence-electron chi connectivity index (χ3n) is 1.88. The highest BCUT2D eigenvalue weighted by Gasteiger charge is 2.26. The molecule has 0 aliphatic carbocycles. The molecule has 1 atom stereocenters. The van der Waals surface area contributed by atoms with Gasteiger partial charge in [0.1, 0.15) is 11.1 Å². The standard InChI is InChI=1S/C7H12N2O3S.BrH/c1-3-6(13(10,11)12)7-8-4-5-9(7)2;/h4-6H,3H2,1-2H3,(H,10,11,12);1H. The minimum Gasteiger partial charge on any atom is -0.337 e. The van der Waals surface area contributed by atoms with Crippen molar-refractivity contribution in [3.05, 3.63) is 18.2 Å². The molecule has 1 aromatic rings. The Kier molecular flexibility index (Phi) is 4.76. The summed E-state index contributed by atoms with van der Waals surface area (Å²) in [5.74, 6) is 0.366. The Hall–Kier alpha value is -0.400. The van der Waals surface area contributed by atoms with Crippen molar-refractivity contribution < 1.29 is 13.0 Å². The van der Waals surface area contributed by atoms with Gasteiger partial charge in [0.05, 0.1) is 0 Å². The van der Waals surface area contributed by atoms with Gasteiger partial charge in [-0.05, 0) is 6.42 Å². The largest absolute Gasteiger partial charge is 0.337 e. The number of halogens is 1. The van der Waals surface area contributed by atoms with Crippen molar-refractivity contribution in [3.8, 4) is 0 Å². The van der Waals surface area contributed by atoms with Crippen LogP contribution >= 0.6 is 17.0 Å². The first-order valence-corrected chi connectivity index (χ1v) is 5.40. The molecule has 82 valence electrons. The second-order valence-electron chi connectivity index (χ2n) is 2.81. The van der Waals surface area contributed by atoms with Crippen molar-refractivity contribution in [1.29, 1.82) is 0 Å². The van der Waals surface area contributed by atoms with Gasteiger partial charge in [-0.2, -0.15) is 8.42 Å². The maximum atomic E-state index is 10.9. The highest BCUT2D eigenvalue weighted by Crippen LogP contribution is 2.22. The lowest BCUT2D eigenvalue weighted by Gasteiger charge is -2.10. The predicted molar refractivity (Wildman–Crippen MR) is 58.1 cm³/mol. The number of hydrogen-bond acceptors (Lipinski definition) is 3. The van der Waals surface area contributed by atoms with E-state index < -0.39 is 15.4 Å². The van der Waals surface area contributed by atoms with Crippen LogP contribution in [0.25, 0.3) is 0 Å². The Bertz CT molecular complexity index is 387. The van der Waals surface area contributed by atoms with Crippen molar-refractivity contribution in [2.45, 2.75) is 18.6 Å². The maximum Gasteiger partial charge on any atom is 0.275 e. The summed E-state index contributed by atoms with van der Waals surface area (Å²) in [7, 11) is -2.35. The zero-order chi connectivity index (χ0) is 10.1. The molecule has 5 nitrogen and oxygen atoms in total. The summed E-state index contributed by atoms with van der Waals surface area (Å²) < 4.78 is 32.3. The fourth-order valence-electron chi connectivity index (χ4n) is 1.21. The normalized spacial score (nSPS) is 13.4. The number of aryl methyl sites for hydroxylation is 1. The lowest BCUT2D eigenvalue weighted by Crippen LogP contribution is -2.15. The Morgan fingerprint density at radius 1 is 1.64 bits per heavy atom. The monoisotopic (exact) mass is 284 g/mol. The van der Waals surface area contributed by atoms with Crippen molar-refractivity contribution in [1.82, 2.24) is 9.55 Å². The molecule has 1 aromatic heterocycles. The molecule has 14 heavy (non-hydrogen) atoms. The predicted octanol–water partition coefficient (Wildman–Crippen LogP) is 1.34. The zero-order valence-corrected chi connectivity index (χ0v) is 10.4. The van der Waals surface area contributed by atoms with Crippen LogP contribution in [0, 0.1) is 0 Å². The molecular formula is C7H13BrN2O3S. The van der Waals surface area contributed by atoms with Gasteiger partial charge in [-0.15, -0.1) is 17.0 Å². The van der Waals surface area contributed by atoms with Crippen LogP contribution in [0.1, 0.15) is 24.4 Å². The van der Waals surface area contributed by atoms with Crippen LogP contribution in [0.3, 0.4) is 0 Å². The van der Waals surface area contributed by atoms with Crippen LogP contribution in [0.5, 0.6) is 0 Å². The summed E-state index contributed by atoms with van der Waals surface area (Å²) >= 11 is 0. The Morgan fingerprint density at radius 2 is 2.21 bits per heavy atom. The molecule has 0 radical (unpaired) electrons. The molecule has 1 unspecified atom stereocenters. The first-order chi connectivity index (χ1) is 5.96. The number of imidazole rings is 1. The Labute approximate surface area is 93.7 Å². The molecule has 1 heterocycles. The molecule has 0 amide bonds. The van der Waals surface area contributed by atoms with Gasteiger partial charge in [0, 0.05) is 19.4 Å². The molecule has 0 saturated carbocycles. The molecular weight excluding hydrogens is 272 g/mol. The highest BCUT2D eigenvalue weighted by atomic mass is 79.9. The molecule has 0 aliphatic heterocycles. The lowest BCUT2D eigenvalue weighted by molar-refractivity contribution is 0.461. The van der Waals surface area contributed by atoms with Crippen LogP contribution in [0.4, 0.5) is 0 Å². The van der Waals surface area contributed by atoms with E-state index in [1.54, 1.807) is 24.7 Å². The Balaban J connectivity index is 0.00000169. The van der Waals surface area contributed by atoms with Crippen LogP contribution in [0.2, 0.25) is 0 Å². The molecule has 0 spiro atoms. The number of aromatic nitrogens is 2. The number of rotatable bonds is 3. The van der Waals surface area contributed by atoms with E-state index in [1.807, 2.05) is 0 Å². The van der Waals surface area contributed by atoms with Gasteiger partial charge < -0.3 is 4.57 Å². The zero-order valence-electron chi connectivity index (χ0n) is 7.91. The van der Waals surface area contributed by atoms with E-state index in [4.69, 9.17) is 4.55 Å². The molecule has 0 bridgehead atoms. The number of nitrogens with zero attached hydrogens (tertiary/aromatic N) is 2. The van der Waals surface area contributed by atoms with Gasteiger partial charge >= 0.3 is 0 Å². The second-order valence-corrected chi connectivity index (χ2v) is 4.41. The summed E-state index contributed by atoms with van der Waals surface area (Å²) in [5, 5.41) is -0.924. The minimum atomic E-state index is -4.04. The van der Waals surface area contributed by atoms with Gasteiger partial charge in [-0.1, -0.05) is 6.92 Å². The summed E-state index contributed by atoms with van der Waals surface area (Å²) in [4.78, 5) is 3.88. The molecule has 1 N–H and O–H groups in total. The molecule has 0 aliphatic rings. The average molecular weight is 285 g/mol. The van der Waals surface area contributed by atoms with E-state index in [2.05, 4.69) is 4.98 Å². The molecule has 0 saturated heterocycles. The highest BCUT2D eigenvalue weighted by molar-refractivity contribution is 8.93. The molecule has 0 aromatic carbocycles. The van der Waals surface area contributed by atoms with Crippen LogP contribution in [-0.2, 0) is 17.2 Å². The van der Waals surface area contributed by atoms with Crippen LogP contribution in [0.15, 0.2) is 12.4 Å². The van der Waals surface area contributed by atoms with Crippen molar-refractivity contribution in [3.63, 3.8) is 0 Å². The van der Waals surface area contributed by atoms with Crippen LogP contribution in [-0.4, -0.2) is 22.5 Å². The van der Waals surface area contributed by atoms with Gasteiger partial charge in [-0.25, -0.2) is 4.98 Å². The summed E-state index contributed by atoms with van der Waals surface area (Å²) in [5.41, 5.74) is 0. The smallest absolute Gasteiger partial charge is 0.275 e. The summed E-state index contributed by atoms with van der Waals surface area (Å²) in [6.45, 7) is 1.69. The maximum absolute atomic E-state index is 10.9. The van der Waals surface area contributed by atoms with E-state index in [-0.39, 0.29) is 17.0 Å². The fraction of sp³-hybridized carbons (Fsp3) is 0.571. The Morgan fingerprint density at radius 3 is 2.50 bits per heavy atom. The quantitative estimate of drug-likeness (QED) is 0.851. The van der Waals surface area contributed by atoms with Crippen molar-refractivity contribution in [2.75, 3.05) is 0 Å². The van der Waals surface area contributed by atoms with E-state index in [1.165, 1.54) is 6.20 Å². The van der Waals surface area contributed by atoms with Gasteiger partial charge in [0.15, 0.2) is 0 Å². The van der Waals surface area contributed by atoms with Gasteiger partial charge in [0.2, 0.25) is 0 Å². The molecule has 0 fully saturated rings. The minimum absolute atomic E-state index is 0. The lowest BCUT2D eigenvalue weighted by atomic mass is 10.3. The molecule has 7 heteroatoms. The van der Waals surface area contributed by atoms with E-state index in [9.17, 15) is 8.42 Å². The third kappa shape index (κ3) is 2.79. The topological polar surface area (TPSA) is 72.2 Å². The summed E-state index contributed by atoms with van der Waals surface area (Å²) in [6.07, 6.45) is 3.45. The summed E-state index contributed by atoms with van der Waals surface area (Å²) in [6, 6.07) is 0.